The Kier molecular flexibility index (Phi) is 7.46. The average Bonchev–Trinajstić information content (AvgIpc) is 2.74. The molecule has 3 aromatic carbocycles. The Balaban J connectivity index is 1.89. The molecule has 0 fully saturated rings. The van der Waals surface area contributed by atoms with E-state index in [4.69, 9.17) is 11.6 Å². The van der Waals surface area contributed by atoms with E-state index in [1.807, 2.05) is 13.0 Å². The quantitative estimate of drug-likeness (QED) is 0.470. The summed E-state index contributed by atoms with van der Waals surface area (Å²) in [6.45, 7) is 1.11. The minimum absolute atomic E-state index is 0.0626. The molecule has 5 nitrogen and oxygen atoms in total. The number of aryl methyl sites for hydroxylation is 1. The number of rotatable bonds is 7. The van der Waals surface area contributed by atoms with Crippen LogP contribution in [0.5, 0.6) is 0 Å². The SMILES string of the molecule is Cc1ccccc1CN(CC(=O)Nc1cccc(C(F)(F)F)c1)S(=O)(=O)c1ccc(Cl)cc1. The first-order valence-electron chi connectivity index (χ1n) is 9.74. The number of carbonyl (C=O) groups excluding carboxylic acids is 1. The smallest absolute Gasteiger partial charge is 0.325 e. The van der Waals surface area contributed by atoms with Crippen molar-refractivity contribution in [1.29, 1.82) is 0 Å². The van der Waals surface area contributed by atoms with Gasteiger partial charge in [0, 0.05) is 17.3 Å². The molecule has 0 bridgehead atoms. The molecule has 0 saturated carbocycles. The molecule has 1 amide bonds. The predicted molar refractivity (Wildman–Crippen MR) is 120 cm³/mol. The number of hydrogen-bond donors (Lipinski definition) is 1. The standard InChI is InChI=1S/C23H20ClF3N2O3S/c1-16-5-2-3-6-17(16)14-29(33(31,32)21-11-9-19(24)10-12-21)15-22(30)28-20-8-4-7-18(13-20)23(25,26)27/h2-13H,14-15H2,1H3,(H,28,30). The van der Waals surface area contributed by atoms with E-state index in [9.17, 15) is 26.4 Å². The molecule has 0 saturated heterocycles. The van der Waals surface area contributed by atoms with Crippen LogP contribution in [0.1, 0.15) is 16.7 Å². The van der Waals surface area contributed by atoms with Gasteiger partial charge in [-0.3, -0.25) is 4.79 Å². The van der Waals surface area contributed by atoms with Crippen LogP contribution in [0.25, 0.3) is 0 Å². The molecule has 174 valence electrons. The number of carbonyl (C=O) groups is 1. The zero-order chi connectivity index (χ0) is 24.2. The summed E-state index contributed by atoms with van der Waals surface area (Å²) < 4.78 is 66.4. The van der Waals surface area contributed by atoms with Crippen molar-refractivity contribution in [3.63, 3.8) is 0 Å². The van der Waals surface area contributed by atoms with Crippen molar-refractivity contribution in [3.05, 3.63) is 94.5 Å². The largest absolute Gasteiger partial charge is 0.416 e. The second kappa shape index (κ2) is 9.94. The Morgan fingerprint density at radius 1 is 1.00 bits per heavy atom. The fourth-order valence-corrected chi connectivity index (χ4v) is 4.59. The van der Waals surface area contributed by atoms with Crippen LogP contribution >= 0.6 is 11.6 Å². The van der Waals surface area contributed by atoms with E-state index in [0.717, 1.165) is 28.1 Å². The van der Waals surface area contributed by atoms with Gasteiger partial charge in [-0.15, -0.1) is 0 Å². The van der Waals surface area contributed by atoms with Gasteiger partial charge in [-0.2, -0.15) is 17.5 Å². The molecule has 3 aromatic rings. The summed E-state index contributed by atoms with van der Waals surface area (Å²) in [5, 5.41) is 2.70. The number of alkyl halides is 3. The van der Waals surface area contributed by atoms with Crippen molar-refractivity contribution in [2.24, 2.45) is 0 Å². The minimum atomic E-state index is -4.57. The molecule has 0 aromatic heterocycles. The molecular formula is C23H20ClF3N2O3S. The lowest BCUT2D eigenvalue weighted by molar-refractivity contribution is -0.137. The monoisotopic (exact) mass is 496 g/mol. The first-order valence-corrected chi connectivity index (χ1v) is 11.6. The zero-order valence-corrected chi connectivity index (χ0v) is 19.0. The summed E-state index contributed by atoms with van der Waals surface area (Å²) >= 11 is 5.86. The number of anilines is 1. The number of hydrogen-bond acceptors (Lipinski definition) is 3. The van der Waals surface area contributed by atoms with Crippen LogP contribution in [0, 0.1) is 6.92 Å². The molecule has 0 spiro atoms. The molecule has 0 aliphatic carbocycles. The molecule has 33 heavy (non-hydrogen) atoms. The van der Waals surface area contributed by atoms with Crippen LogP contribution in [0.2, 0.25) is 5.02 Å². The van der Waals surface area contributed by atoms with E-state index >= 15 is 0 Å². The van der Waals surface area contributed by atoms with Gasteiger partial charge in [-0.05, 0) is 60.5 Å². The number of sulfonamides is 1. The highest BCUT2D eigenvalue weighted by atomic mass is 35.5. The van der Waals surface area contributed by atoms with Crippen molar-refractivity contribution in [2.75, 3.05) is 11.9 Å². The van der Waals surface area contributed by atoms with E-state index in [0.29, 0.717) is 10.6 Å². The third-order valence-electron chi connectivity index (χ3n) is 4.85. The first-order chi connectivity index (χ1) is 15.5. The third kappa shape index (κ3) is 6.34. The molecule has 0 radical (unpaired) electrons. The van der Waals surface area contributed by atoms with Crippen LogP contribution < -0.4 is 5.32 Å². The summed E-state index contributed by atoms with van der Waals surface area (Å²) in [7, 11) is -4.12. The Bertz CT molecular complexity index is 1250. The molecule has 0 aliphatic heterocycles. The van der Waals surface area contributed by atoms with Gasteiger partial charge >= 0.3 is 6.18 Å². The lowest BCUT2D eigenvalue weighted by Crippen LogP contribution is -2.37. The van der Waals surface area contributed by atoms with E-state index in [1.54, 1.807) is 18.2 Å². The molecule has 3 rings (SSSR count). The van der Waals surface area contributed by atoms with E-state index in [2.05, 4.69) is 5.32 Å². The molecule has 0 aliphatic rings. The Labute approximate surface area is 194 Å². The van der Waals surface area contributed by atoms with Gasteiger partial charge in [-0.1, -0.05) is 41.9 Å². The maximum Gasteiger partial charge on any atom is 0.416 e. The maximum atomic E-state index is 13.3. The number of nitrogens with one attached hydrogen (secondary N) is 1. The van der Waals surface area contributed by atoms with Gasteiger partial charge in [0.1, 0.15) is 0 Å². The second-order valence-corrected chi connectivity index (χ2v) is 9.65. The highest BCUT2D eigenvalue weighted by Gasteiger charge is 2.31. The summed E-state index contributed by atoms with van der Waals surface area (Å²) in [5.74, 6) is -0.777. The zero-order valence-electron chi connectivity index (χ0n) is 17.4. The Morgan fingerprint density at radius 3 is 2.30 bits per heavy atom. The Morgan fingerprint density at radius 2 is 1.67 bits per heavy atom. The lowest BCUT2D eigenvalue weighted by atomic mass is 10.1. The predicted octanol–water partition coefficient (Wildman–Crippen LogP) is 5.50. The molecule has 10 heteroatoms. The lowest BCUT2D eigenvalue weighted by Gasteiger charge is -2.23. The summed E-state index contributed by atoms with van der Waals surface area (Å²) in [4.78, 5) is 12.6. The first kappa shape index (κ1) is 24.8. The van der Waals surface area contributed by atoms with Crippen LogP contribution in [-0.2, 0) is 27.5 Å². The maximum absolute atomic E-state index is 13.3. The number of amides is 1. The molecule has 0 atom stereocenters. The third-order valence-corrected chi connectivity index (χ3v) is 6.91. The van der Waals surface area contributed by atoms with Crippen molar-refractivity contribution in [3.8, 4) is 0 Å². The summed E-state index contributed by atoms with van der Waals surface area (Å²) in [5.41, 5.74) is 0.495. The van der Waals surface area contributed by atoms with Crippen LogP contribution in [0.3, 0.4) is 0 Å². The van der Waals surface area contributed by atoms with E-state index < -0.39 is 34.2 Å². The fourth-order valence-electron chi connectivity index (χ4n) is 3.09. The number of halogens is 4. The van der Waals surface area contributed by atoms with Gasteiger partial charge in [0.05, 0.1) is 17.0 Å². The molecule has 0 unspecified atom stereocenters. The van der Waals surface area contributed by atoms with Crippen LogP contribution in [0.15, 0.2) is 77.7 Å². The number of nitrogens with zero attached hydrogens (tertiary/aromatic N) is 1. The van der Waals surface area contributed by atoms with Gasteiger partial charge in [0.2, 0.25) is 15.9 Å². The van der Waals surface area contributed by atoms with E-state index in [-0.39, 0.29) is 17.1 Å². The second-order valence-electron chi connectivity index (χ2n) is 7.28. The van der Waals surface area contributed by atoms with Crippen molar-refractivity contribution in [2.45, 2.75) is 24.5 Å². The Hall–Kier alpha value is -2.88. The summed E-state index contributed by atoms with van der Waals surface area (Å²) in [6.07, 6.45) is -4.57. The highest BCUT2D eigenvalue weighted by molar-refractivity contribution is 7.89. The van der Waals surface area contributed by atoms with E-state index in [1.165, 1.54) is 30.3 Å². The van der Waals surface area contributed by atoms with Gasteiger partial charge in [0.25, 0.3) is 0 Å². The van der Waals surface area contributed by atoms with Gasteiger partial charge in [0.15, 0.2) is 0 Å². The minimum Gasteiger partial charge on any atom is -0.325 e. The molecule has 1 N–H and O–H groups in total. The average molecular weight is 497 g/mol. The normalized spacial score (nSPS) is 12.1. The highest BCUT2D eigenvalue weighted by Crippen LogP contribution is 2.30. The fraction of sp³-hybridized carbons (Fsp3) is 0.174. The number of benzene rings is 3. The van der Waals surface area contributed by atoms with Crippen molar-refractivity contribution in [1.82, 2.24) is 4.31 Å². The van der Waals surface area contributed by atoms with Crippen LogP contribution in [-0.4, -0.2) is 25.2 Å². The van der Waals surface area contributed by atoms with Crippen LogP contribution in [0.4, 0.5) is 18.9 Å². The molecule has 0 heterocycles. The van der Waals surface area contributed by atoms with Crippen molar-refractivity contribution < 1.29 is 26.4 Å². The topological polar surface area (TPSA) is 66.5 Å². The summed E-state index contributed by atoms with van der Waals surface area (Å²) in [6, 6.07) is 16.7. The molecular weight excluding hydrogens is 477 g/mol. The van der Waals surface area contributed by atoms with Gasteiger partial charge < -0.3 is 5.32 Å². The van der Waals surface area contributed by atoms with Crippen molar-refractivity contribution >= 4 is 33.2 Å². The van der Waals surface area contributed by atoms with Gasteiger partial charge in [-0.25, -0.2) is 8.42 Å².